The fourth-order valence-electron chi connectivity index (χ4n) is 1.29. The Hall–Kier alpha value is -2.69. The van der Waals surface area contributed by atoms with Crippen molar-refractivity contribution in [3.63, 3.8) is 0 Å². The molecule has 0 aliphatic heterocycles. The maximum Gasteiger partial charge on any atom is 0.328 e. The lowest BCUT2D eigenvalue weighted by atomic mass is 10.2. The monoisotopic (exact) mass is 264 g/mol. The van der Waals surface area contributed by atoms with E-state index in [9.17, 15) is 14.9 Å². The van der Waals surface area contributed by atoms with Crippen LogP contribution in [0.3, 0.4) is 0 Å². The minimum absolute atomic E-state index is 0.00894. The molecule has 0 saturated carbocycles. The highest BCUT2D eigenvalue weighted by atomic mass is 16.6. The van der Waals surface area contributed by atoms with Crippen molar-refractivity contribution < 1.29 is 14.5 Å². The zero-order chi connectivity index (χ0) is 14.4. The average Bonchev–Trinajstić information content (AvgIpc) is 2.39. The van der Waals surface area contributed by atoms with Crippen molar-refractivity contribution in [1.82, 2.24) is 4.98 Å². The number of ether oxygens (including phenoxy) is 1. The fourth-order valence-corrected chi connectivity index (χ4v) is 1.29. The van der Waals surface area contributed by atoms with Gasteiger partial charge in [-0.05, 0) is 13.8 Å². The Bertz CT molecular complexity index is 538. The van der Waals surface area contributed by atoms with Crippen LogP contribution in [-0.2, 0) is 9.53 Å². The molecule has 0 radical (unpaired) electrons. The lowest BCUT2D eigenvalue weighted by Gasteiger charge is -2.13. The number of carbonyl (C=O) groups excluding carboxylic acids is 1. The molecule has 0 aliphatic rings. The summed E-state index contributed by atoms with van der Waals surface area (Å²) in [7, 11) is 0. The molecule has 0 bridgehead atoms. The summed E-state index contributed by atoms with van der Waals surface area (Å²) >= 11 is 0. The van der Waals surface area contributed by atoms with E-state index in [-0.39, 0.29) is 23.7 Å². The normalized spacial score (nSPS) is 11.2. The molecular weight excluding hydrogens is 252 g/mol. The van der Waals surface area contributed by atoms with Gasteiger partial charge in [0.15, 0.2) is 0 Å². The molecule has 100 valence electrons. The number of rotatable bonds is 5. The molecule has 19 heavy (non-hydrogen) atoms. The first-order chi connectivity index (χ1) is 8.99. The van der Waals surface area contributed by atoms with Gasteiger partial charge in [0.25, 0.3) is 5.69 Å². The minimum Gasteiger partial charge on any atom is -0.464 e. The fraction of sp³-hybridized carbons (Fsp3) is 0.364. The number of nitrogens with one attached hydrogen (secondary N) is 1. The predicted octanol–water partition coefficient (Wildman–Crippen LogP) is 1.22. The second kappa shape index (κ2) is 6.30. The molecule has 1 N–H and O–H groups in total. The first kappa shape index (κ1) is 14.4. The lowest BCUT2D eigenvalue weighted by Crippen LogP contribution is -2.29. The van der Waals surface area contributed by atoms with Crippen LogP contribution in [0.4, 0.5) is 11.5 Å². The van der Waals surface area contributed by atoms with Crippen LogP contribution in [0.15, 0.2) is 12.3 Å². The van der Waals surface area contributed by atoms with Crippen LogP contribution in [0, 0.1) is 21.4 Å². The molecule has 0 aliphatic carbocycles. The summed E-state index contributed by atoms with van der Waals surface area (Å²) in [5.74, 6) is -0.389. The first-order valence-corrected chi connectivity index (χ1v) is 5.47. The molecule has 1 heterocycles. The summed E-state index contributed by atoms with van der Waals surface area (Å²) in [5.41, 5.74) is -0.295. The first-order valence-electron chi connectivity index (χ1n) is 5.47. The lowest BCUT2D eigenvalue weighted by molar-refractivity contribution is -0.385. The molecule has 8 heteroatoms. The Morgan fingerprint density at radius 2 is 2.42 bits per heavy atom. The molecular formula is C11H12N4O4. The number of nitro groups is 1. The third-order valence-corrected chi connectivity index (χ3v) is 2.20. The van der Waals surface area contributed by atoms with E-state index < -0.39 is 16.9 Å². The summed E-state index contributed by atoms with van der Waals surface area (Å²) in [6.07, 6.45) is 1.01. The number of aromatic nitrogens is 1. The molecule has 1 aromatic rings. The molecule has 8 nitrogen and oxygen atoms in total. The molecule has 0 aromatic carbocycles. The Morgan fingerprint density at radius 3 is 2.95 bits per heavy atom. The van der Waals surface area contributed by atoms with Crippen LogP contribution < -0.4 is 5.32 Å². The van der Waals surface area contributed by atoms with E-state index in [4.69, 9.17) is 10.00 Å². The van der Waals surface area contributed by atoms with Crippen LogP contribution in [0.25, 0.3) is 0 Å². The van der Waals surface area contributed by atoms with Gasteiger partial charge in [-0.15, -0.1) is 0 Å². The van der Waals surface area contributed by atoms with Gasteiger partial charge in [0, 0.05) is 6.07 Å². The van der Waals surface area contributed by atoms with E-state index in [1.807, 2.05) is 0 Å². The molecule has 0 spiro atoms. The van der Waals surface area contributed by atoms with Crippen molar-refractivity contribution in [2.24, 2.45) is 0 Å². The zero-order valence-corrected chi connectivity index (χ0v) is 10.4. The van der Waals surface area contributed by atoms with Gasteiger partial charge in [-0.2, -0.15) is 5.26 Å². The Balaban J connectivity index is 2.93. The van der Waals surface area contributed by atoms with E-state index in [1.165, 1.54) is 0 Å². The van der Waals surface area contributed by atoms with Crippen molar-refractivity contribution in [2.75, 3.05) is 11.9 Å². The maximum absolute atomic E-state index is 11.4. The van der Waals surface area contributed by atoms with Crippen molar-refractivity contribution in [3.8, 4) is 6.07 Å². The van der Waals surface area contributed by atoms with E-state index in [2.05, 4.69) is 10.3 Å². The van der Waals surface area contributed by atoms with Gasteiger partial charge in [-0.25, -0.2) is 9.78 Å². The van der Waals surface area contributed by atoms with Crippen LogP contribution in [0.1, 0.15) is 19.4 Å². The smallest absolute Gasteiger partial charge is 0.328 e. The number of hydrogen-bond acceptors (Lipinski definition) is 7. The third-order valence-electron chi connectivity index (χ3n) is 2.20. The Kier molecular flexibility index (Phi) is 4.76. The molecule has 0 amide bonds. The highest BCUT2D eigenvalue weighted by Crippen LogP contribution is 2.18. The van der Waals surface area contributed by atoms with Gasteiger partial charge in [0.05, 0.1) is 11.5 Å². The van der Waals surface area contributed by atoms with Crippen molar-refractivity contribution in [3.05, 3.63) is 27.9 Å². The second-order valence-corrected chi connectivity index (χ2v) is 3.58. The number of anilines is 1. The van der Waals surface area contributed by atoms with E-state index in [0.29, 0.717) is 0 Å². The van der Waals surface area contributed by atoms with Crippen LogP contribution in [0.2, 0.25) is 0 Å². The van der Waals surface area contributed by atoms with E-state index in [1.54, 1.807) is 19.9 Å². The Labute approximate surface area is 109 Å². The Morgan fingerprint density at radius 1 is 1.74 bits per heavy atom. The molecule has 0 saturated heterocycles. The highest BCUT2D eigenvalue weighted by molar-refractivity contribution is 5.79. The predicted molar refractivity (Wildman–Crippen MR) is 65.3 cm³/mol. The molecule has 1 atom stereocenters. The van der Waals surface area contributed by atoms with Crippen LogP contribution in [0.5, 0.6) is 0 Å². The maximum atomic E-state index is 11.4. The van der Waals surface area contributed by atoms with Gasteiger partial charge >= 0.3 is 5.97 Å². The number of pyridine rings is 1. The number of nitriles is 1. The average molecular weight is 264 g/mol. The summed E-state index contributed by atoms with van der Waals surface area (Å²) in [6.45, 7) is 3.46. The summed E-state index contributed by atoms with van der Waals surface area (Å²) in [6, 6.07) is 2.17. The number of hydrogen-bond donors (Lipinski definition) is 1. The molecule has 1 unspecified atom stereocenters. The van der Waals surface area contributed by atoms with Crippen LogP contribution in [-0.4, -0.2) is 28.5 Å². The minimum atomic E-state index is -0.707. The van der Waals surface area contributed by atoms with E-state index in [0.717, 1.165) is 12.3 Å². The van der Waals surface area contributed by atoms with Gasteiger partial charge in [-0.1, -0.05) is 0 Å². The largest absolute Gasteiger partial charge is 0.464 e. The van der Waals surface area contributed by atoms with E-state index >= 15 is 0 Å². The zero-order valence-electron chi connectivity index (χ0n) is 10.4. The highest BCUT2D eigenvalue weighted by Gasteiger charge is 2.18. The summed E-state index contributed by atoms with van der Waals surface area (Å²) in [4.78, 5) is 25.1. The standard InChI is InChI=1S/C11H12N4O4/c1-3-19-11(16)7(2)14-10-8(5-12)4-9(6-13-10)15(17)18/h4,6-7H,3H2,1-2H3,(H,13,14). The SMILES string of the molecule is CCOC(=O)C(C)Nc1ncc([N+](=O)[O-])cc1C#N. The van der Waals surface area contributed by atoms with Gasteiger partial charge < -0.3 is 10.1 Å². The van der Waals surface area contributed by atoms with Gasteiger partial charge in [-0.3, -0.25) is 10.1 Å². The molecule has 0 fully saturated rings. The number of nitrogens with zero attached hydrogens (tertiary/aromatic N) is 3. The number of carbonyl (C=O) groups is 1. The topological polar surface area (TPSA) is 118 Å². The van der Waals surface area contributed by atoms with Crippen LogP contribution >= 0.6 is 0 Å². The number of esters is 1. The quantitative estimate of drug-likeness (QED) is 0.482. The van der Waals surface area contributed by atoms with Crippen molar-refractivity contribution >= 4 is 17.5 Å². The van der Waals surface area contributed by atoms with Gasteiger partial charge in [0.2, 0.25) is 0 Å². The second-order valence-electron chi connectivity index (χ2n) is 3.58. The van der Waals surface area contributed by atoms with Crippen molar-refractivity contribution in [1.29, 1.82) is 5.26 Å². The van der Waals surface area contributed by atoms with Crippen molar-refractivity contribution in [2.45, 2.75) is 19.9 Å². The summed E-state index contributed by atoms with van der Waals surface area (Å²) in [5, 5.41) is 22.1. The molecule has 1 rings (SSSR count). The summed E-state index contributed by atoms with van der Waals surface area (Å²) < 4.78 is 4.79. The van der Waals surface area contributed by atoms with Gasteiger partial charge in [0.1, 0.15) is 29.7 Å². The third kappa shape index (κ3) is 3.64. The molecule has 1 aromatic heterocycles.